The third-order valence-electron chi connectivity index (χ3n) is 3.63. The SMILES string of the molecule is Cc1ccccc1C(=O)Nc1nnc(SCc2cccc(C(F)(F)F)c2)s1. The van der Waals surface area contributed by atoms with Crippen LogP contribution in [0, 0.1) is 6.92 Å². The Balaban J connectivity index is 1.62. The average Bonchev–Trinajstić information content (AvgIpc) is 3.07. The highest BCUT2D eigenvalue weighted by Gasteiger charge is 2.30. The van der Waals surface area contributed by atoms with Gasteiger partial charge < -0.3 is 0 Å². The zero-order chi connectivity index (χ0) is 19.4. The van der Waals surface area contributed by atoms with E-state index in [0.717, 1.165) is 17.7 Å². The van der Waals surface area contributed by atoms with Gasteiger partial charge in [0.25, 0.3) is 5.91 Å². The second-order valence-electron chi connectivity index (χ2n) is 5.63. The Labute approximate surface area is 161 Å². The molecule has 0 bridgehead atoms. The topological polar surface area (TPSA) is 54.9 Å². The molecule has 27 heavy (non-hydrogen) atoms. The Morgan fingerprint density at radius 1 is 1.15 bits per heavy atom. The van der Waals surface area contributed by atoms with Crippen molar-refractivity contribution in [3.05, 3.63) is 70.8 Å². The van der Waals surface area contributed by atoms with Crippen LogP contribution in [-0.4, -0.2) is 16.1 Å². The zero-order valence-corrected chi connectivity index (χ0v) is 15.7. The number of nitrogens with one attached hydrogen (secondary N) is 1. The fourth-order valence-corrected chi connectivity index (χ4v) is 3.98. The molecular weight excluding hydrogens is 395 g/mol. The molecule has 0 saturated heterocycles. The van der Waals surface area contributed by atoms with Crippen LogP contribution in [0.2, 0.25) is 0 Å². The standard InChI is InChI=1S/C18H14F3N3OS2/c1-11-5-2-3-8-14(11)15(25)22-16-23-24-17(27-16)26-10-12-6-4-7-13(9-12)18(19,20)21/h2-9H,10H2,1H3,(H,22,23,25). The van der Waals surface area contributed by atoms with E-state index in [0.29, 0.717) is 26.4 Å². The van der Waals surface area contributed by atoms with Gasteiger partial charge in [-0.25, -0.2) is 0 Å². The fourth-order valence-electron chi connectivity index (χ4n) is 2.29. The van der Waals surface area contributed by atoms with Crippen molar-refractivity contribution in [1.29, 1.82) is 0 Å². The van der Waals surface area contributed by atoms with Crippen LogP contribution in [0.5, 0.6) is 0 Å². The van der Waals surface area contributed by atoms with Crippen LogP contribution in [-0.2, 0) is 11.9 Å². The third kappa shape index (κ3) is 5.08. The molecule has 0 radical (unpaired) electrons. The molecule has 0 aliphatic carbocycles. The van der Waals surface area contributed by atoms with E-state index < -0.39 is 11.7 Å². The van der Waals surface area contributed by atoms with Gasteiger partial charge in [0, 0.05) is 11.3 Å². The van der Waals surface area contributed by atoms with E-state index in [1.54, 1.807) is 18.2 Å². The lowest BCUT2D eigenvalue weighted by Gasteiger charge is -2.07. The van der Waals surface area contributed by atoms with Crippen LogP contribution < -0.4 is 5.32 Å². The number of halogens is 3. The van der Waals surface area contributed by atoms with Gasteiger partial charge in [0.15, 0.2) is 4.34 Å². The summed E-state index contributed by atoms with van der Waals surface area (Å²) in [5.74, 6) is 0.0447. The van der Waals surface area contributed by atoms with Crippen molar-refractivity contribution in [2.24, 2.45) is 0 Å². The molecule has 0 fully saturated rings. The maximum absolute atomic E-state index is 12.8. The predicted molar refractivity (Wildman–Crippen MR) is 100 cm³/mol. The van der Waals surface area contributed by atoms with E-state index in [2.05, 4.69) is 15.5 Å². The van der Waals surface area contributed by atoms with Crippen molar-refractivity contribution in [1.82, 2.24) is 10.2 Å². The van der Waals surface area contributed by atoms with Gasteiger partial charge in [-0.2, -0.15) is 13.2 Å². The summed E-state index contributed by atoms with van der Waals surface area (Å²) in [6.07, 6.45) is -4.36. The summed E-state index contributed by atoms with van der Waals surface area (Å²) >= 11 is 2.44. The van der Waals surface area contributed by atoms with Crippen LogP contribution in [0.3, 0.4) is 0 Å². The molecule has 1 aromatic heterocycles. The number of benzene rings is 2. The number of aromatic nitrogens is 2. The molecule has 1 N–H and O–H groups in total. The van der Waals surface area contributed by atoms with Gasteiger partial charge in [-0.1, -0.05) is 59.5 Å². The van der Waals surface area contributed by atoms with Gasteiger partial charge in [-0.15, -0.1) is 10.2 Å². The Morgan fingerprint density at radius 3 is 2.67 bits per heavy atom. The molecule has 0 atom stereocenters. The van der Waals surface area contributed by atoms with Gasteiger partial charge in [-0.3, -0.25) is 10.1 Å². The highest BCUT2D eigenvalue weighted by molar-refractivity contribution is 8.00. The number of amides is 1. The van der Waals surface area contributed by atoms with Crippen LogP contribution in [0.4, 0.5) is 18.3 Å². The molecule has 4 nitrogen and oxygen atoms in total. The molecule has 3 aromatic rings. The summed E-state index contributed by atoms with van der Waals surface area (Å²) in [6.45, 7) is 1.84. The number of carbonyl (C=O) groups excluding carboxylic acids is 1. The van der Waals surface area contributed by atoms with E-state index in [9.17, 15) is 18.0 Å². The number of nitrogens with zero attached hydrogens (tertiary/aromatic N) is 2. The molecule has 0 unspecified atom stereocenters. The molecule has 0 aliphatic rings. The quantitative estimate of drug-likeness (QED) is 0.452. The maximum atomic E-state index is 12.8. The van der Waals surface area contributed by atoms with Crippen molar-refractivity contribution < 1.29 is 18.0 Å². The van der Waals surface area contributed by atoms with E-state index in [-0.39, 0.29) is 5.91 Å². The summed E-state index contributed by atoms with van der Waals surface area (Å²) in [4.78, 5) is 12.3. The van der Waals surface area contributed by atoms with E-state index in [1.165, 1.54) is 29.2 Å². The molecule has 0 spiro atoms. The van der Waals surface area contributed by atoms with Crippen molar-refractivity contribution in [2.75, 3.05) is 5.32 Å². The Hall–Kier alpha value is -2.39. The van der Waals surface area contributed by atoms with Crippen LogP contribution in [0.15, 0.2) is 52.9 Å². The molecule has 0 aliphatic heterocycles. The van der Waals surface area contributed by atoms with E-state index in [1.807, 2.05) is 19.1 Å². The molecular formula is C18H14F3N3OS2. The largest absolute Gasteiger partial charge is 0.416 e. The smallest absolute Gasteiger partial charge is 0.296 e. The van der Waals surface area contributed by atoms with Crippen LogP contribution in [0.25, 0.3) is 0 Å². The Bertz CT molecular complexity index is 957. The molecule has 2 aromatic carbocycles. The van der Waals surface area contributed by atoms with Gasteiger partial charge in [0.2, 0.25) is 5.13 Å². The van der Waals surface area contributed by atoms with E-state index >= 15 is 0 Å². The molecule has 1 amide bonds. The minimum absolute atomic E-state index is 0.279. The first kappa shape index (κ1) is 19.4. The molecule has 140 valence electrons. The lowest BCUT2D eigenvalue weighted by Crippen LogP contribution is -2.12. The number of thioether (sulfide) groups is 1. The van der Waals surface area contributed by atoms with Gasteiger partial charge in [-0.05, 0) is 30.2 Å². The lowest BCUT2D eigenvalue weighted by atomic mass is 10.1. The minimum atomic E-state index is -4.36. The van der Waals surface area contributed by atoms with Crippen molar-refractivity contribution in [3.63, 3.8) is 0 Å². The monoisotopic (exact) mass is 409 g/mol. The number of hydrogen-bond acceptors (Lipinski definition) is 5. The van der Waals surface area contributed by atoms with Crippen molar-refractivity contribution in [2.45, 2.75) is 23.2 Å². The minimum Gasteiger partial charge on any atom is -0.296 e. The predicted octanol–water partition coefficient (Wildman–Crippen LogP) is 5.41. The summed E-state index contributed by atoms with van der Waals surface area (Å²) in [5.41, 5.74) is 1.25. The number of hydrogen-bond donors (Lipinski definition) is 1. The van der Waals surface area contributed by atoms with Crippen molar-refractivity contribution >= 4 is 34.1 Å². The summed E-state index contributed by atoms with van der Waals surface area (Å²) < 4.78 is 38.8. The van der Waals surface area contributed by atoms with E-state index in [4.69, 9.17) is 0 Å². The Morgan fingerprint density at radius 2 is 1.93 bits per heavy atom. The molecule has 1 heterocycles. The first-order valence-corrected chi connectivity index (χ1v) is 9.62. The second kappa shape index (κ2) is 8.10. The molecule has 9 heteroatoms. The third-order valence-corrected chi connectivity index (χ3v) is 5.68. The van der Waals surface area contributed by atoms with Gasteiger partial charge in [0.05, 0.1) is 5.56 Å². The fraction of sp³-hybridized carbons (Fsp3) is 0.167. The number of alkyl halides is 3. The highest BCUT2D eigenvalue weighted by atomic mass is 32.2. The Kier molecular flexibility index (Phi) is 5.81. The van der Waals surface area contributed by atoms with Crippen LogP contribution in [0.1, 0.15) is 27.0 Å². The van der Waals surface area contributed by atoms with Gasteiger partial charge in [0.1, 0.15) is 0 Å². The average molecular weight is 409 g/mol. The second-order valence-corrected chi connectivity index (χ2v) is 7.83. The molecule has 3 rings (SSSR count). The number of carbonyl (C=O) groups is 1. The number of anilines is 1. The first-order valence-electron chi connectivity index (χ1n) is 7.82. The normalized spacial score (nSPS) is 11.4. The molecule has 0 saturated carbocycles. The highest BCUT2D eigenvalue weighted by Crippen LogP contribution is 2.32. The summed E-state index contributed by atoms with van der Waals surface area (Å²) in [5, 5.41) is 10.9. The number of aryl methyl sites for hydroxylation is 1. The zero-order valence-electron chi connectivity index (χ0n) is 14.1. The van der Waals surface area contributed by atoms with Crippen molar-refractivity contribution in [3.8, 4) is 0 Å². The summed E-state index contributed by atoms with van der Waals surface area (Å²) in [7, 11) is 0. The first-order chi connectivity index (χ1) is 12.8. The van der Waals surface area contributed by atoms with Gasteiger partial charge >= 0.3 is 6.18 Å². The lowest BCUT2D eigenvalue weighted by molar-refractivity contribution is -0.137. The number of rotatable bonds is 5. The van der Waals surface area contributed by atoms with Crippen LogP contribution >= 0.6 is 23.1 Å². The summed E-state index contributed by atoms with van der Waals surface area (Å²) in [6, 6.07) is 12.3. The maximum Gasteiger partial charge on any atom is 0.416 e.